The van der Waals surface area contributed by atoms with Crippen molar-refractivity contribution in [1.29, 1.82) is 0 Å². The van der Waals surface area contributed by atoms with E-state index < -0.39 is 5.97 Å². The highest BCUT2D eigenvalue weighted by Crippen LogP contribution is 2.30. The molecule has 0 atom stereocenters. The second-order valence-corrected chi connectivity index (χ2v) is 9.07. The molecule has 3 nitrogen and oxygen atoms in total. The third-order valence-electron chi connectivity index (χ3n) is 5.16. The van der Waals surface area contributed by atoms with E-state index in [-0.39, 0.29) is 6.61 Å². The van der Waals surface area contributed by atoms with Gasteiger partial charge in [0.15, 0.2) is 6.61 Å². The molecule has 0 radical (unpaired) electrons. The molecule has 0 aliphatic rings. The van der Waals surface area contributed by atoms with Crippen LogP contribution in [0.2, 0.25) is 5.02 Å². The summed E-state index contributed by atoms with van der Waals surface area (Å²) in [5.41, 5.74) is 5.68. The van der Waals surface area contributed by atoms with Crippen molar-refractivity contribution < 1.29 is 14.6 Å². The van der Waals surface area contributed by atoms with Crippen molar-refractivity contribution in [1.82, 2.24) is 0 Å². The van der Waals surface area contributed by atoms with Crippen molar-refractivity contribution in [2.24, 2.45) is 0 Å². The molecular formula is C29H23ClO3S. The lowest BCUT2D eigenvalue weighted by Gasteiger charge is -2.11. The van der Waals surface area contributed by atoms with E-state index in [1.165, 1.54) is 11.1 Å². The number of halogens is 1. The lowest BCUT2D eigenvalue weighted by molar-refractivity contribution is -0.139. The molecule has 0 bridgehead atoms. The summed E-state index contributed by atoms with van der Waals surface area (Å²) in [5, 5.41) is 9.43. The first-order valence-electron chi connectivity index (χ1n) is 10.8. The summed E-state index contributed by atoms with van der Waals surface area (Å²) >= 11 is 7.98. The number of hydrogen-bond acceptors (Lipinski definition) is 3. The number of carboxylic acid groups (broad SMARTS) is 1. The van der Waals surface area contributed by atoms with Crippen LogP contribution in [0.5, 0.6) is 5.75 Å². The summed E-state index contributed by atoms with van der Waals surface area (Å²) in [4.78, 5) is 11.7. The van der Waals surface area contributed by atoms with Gasteiger partial charge in [0.1, 0.15) is 5.75 Å². The van der Waals surface area contributed by atoms with Gasteiger partial charge < -0.3 is 9.84 Å². The lowest BCUT2D eigenvalue weighted by atomic mass is 9.95. The van der Waals surface area contributed by atoms with Gasteiger partial charge in [-0.25, -0.2) is 4.79 Å². The second-order valence-electron chi connectivity index (χ2n) is 7.54. The molecule has 0 aromatic heterocycles. The van der Waals surface area contributed by atoms with Crippen LogP contribution in [-0.2, 0) is 4.79 Å². The zero-order chi connectivity index (χ0) is 23.8. The lowest BCUT2D eigenvalue weighted by Crippen LogP contribution is -2.09. The van der Waals surface area contributed by atoms with Crippen LogP contribution in [-0.4, -0.2) is 23.4 Å². The number of hydrogen-bond donors (Lipinski definition) is 1. The van der Waals surface area contributed by atoms with E-state index in [0.29, 0.717) is 10.8 Å². The van der Waals surface area contributed by atoms with E-state index in [2.05, 4.69) is 48.5 Å². The SMILES string of the molecule is O=C(O)COc1ccc(SC/C=C(/c2ccc(-c3ccccc3)cc2)c2cccc(Cl)c2)cc1. The number of thioether (sulfide) groups is 1. The van der Waals surface area contributed by atoms with Gasteiger partial charge in [-0.3, -0.25) is 0 Å². The van der Waals surface area contributed by atoms with E-state index in [1.807, 2.05) is 48.5 Å². The summed E-state index contributed by atoms with van der Waals surface area (Å²) in [6.07, 6.45) is 2.21. The summed E-state index contributed by atoms with van der Waals surface area (Å²) in [6.45, 7) is -0.346. The van der Waals surface area contributed by atoms with Crippen molar-refractivity contribution in [2.45, 2.75) is 4.90 Å². The van der Waals surface area contributed by atoms with E-state index >= 15 is 0 Å². The van der Waals surface area contributed by atoms with Gasteiger partial charge >= 0.3 is 5.97 Å². The maximum atomic E-state index is 10.6. The molecule has 0 aliphatic heterocycles. The van der Waals surface area contributed by atoms with Gasteiger partial charge in [0.2, 0.25) is 0 Å². The molecule has 0 heterocycles. The Morgan fingerprint density at radius 3 is 2.21 bits per heavy atom. The number of carbonyl (C=O) groups is 1. The Hall–Kier alpha value is -3.47. The highest BCUT2D eigenvalue weighted by Gasteiger charge is 2.07. The van der Waals surface area contributed by atoms with E-state index in [9.17, 15) is 4.79 Å². The number of rotatable bonds is 9. The first kappa shape index (κ1) is 23.7. The number of aliphatic carboxylic acids is 1. The average molecular weight is 487 g/mol. The predicted molar refractivity (Wildman–Crippen MR) is 141 cm³/mol. The normalized spacial score (nSPS) is 11.3. The first-order valence-corrected chi connectivity index (χ1v) is 12.1. The molecule has 5 heteroatoms. The van der Waals surface area contributed by atoms with Crippen LogP contribution in [0.4, 0.5) is 0 Å². The molecule has 4 aromatic rings. The van der Waals surface area contributed by atoms with Crippen LogP contribution in [0.15, 0.2) is 114 Å². The average Bonchev–Trinajstić information content (AvgIpc) is 2.87. The molecule has 170 valence electrons. The van der Waals surface area contributed by atoms with Crippen LogP contribution < -0.4 is 4.74 Å². The molecule has 0 aliphatic carbocycles. The van der Waals surface area contributed by atoms with Crippen LogP contribution >= 0.6 is 23.4 Å². The zero-order valence-electron chi connectivity index (χ0n) is 18.4. The standard InChI is InChI=1S/C29H23ClO3S/c30-25-8-4-7-24(19-25)28(23-11-9-22(10-12-23)21-5-2-1-3-6-21)17-18-34-27-15-13-26(14-16-27)33-20-29(31)32/h1-17,19H,18,20H2,(H,31,32)/b28-17-. The molecular weight excluding hydrogens is 464 g/mol. The topological polar surface area (TPSA) is 46.5 Å². The van der Waals surface area contributed by atoms with Gasteiger partial charge in [-0.1, -0.05) is 84.4 Å². The molecule has 0 saturated carbocycles. The van der Waals surface area contributed by atoms with Crippen LogP contribution in [0.25, 0.3) is 16.7 Å². The molecule has 4 rings (SSSR count). The van der Waals surface area contributed by atoms with E-state index in [4.69, 9.17) is 21.4 Å². The molecule has 34 heavy (non-hydrogen) atoms. The fourth-order valence-electron chi connectivity index (χ4n) is 3.53. The maximum absolute atomic E-state index is 10.6. The van der Waals surface area contributed by atoms with E-state index in [1.54, 1.807) is 23.9 Å². The quantitative estimate of drug-likeness (QED) is 0.246. The number of carboxylic acids is 1. The Bertz CT molecular complexity index is 1270. The molecule has 0 spiro atoms. The minimum atomic E-state index is -0.992. The van der Waals surface area contributed by atoms with Crippen LogP contribution in [0, 0.1) is 0 Å². The Morgan fingerprint density at radius 2 is 1.53 bits per heavy atom. The summed E-state index contributed by atoms with van der Waals surface area (Å²) in [6, 6.07) is 34.3. The maximum Gasteiger partial charge on any atom is 0.341 e. The zero-order valence-corrected chi connectivity index (χ0v) is 19.9. The second kappa shape index (κ2) is 11.6. The monoisotopic (exact) mass is 486 g/mol. The molecule has 0 unspecified atom stereocenters. The minimum absolute atomic E-state index is 0.346. The van der Waals surface area contributed by atoms with Gasteiger partial charge in [0, 0.05) is 15.7 Å². The highest BCUT2D eigenvalue weighted by molar-refractivity contribution is 7.99. The minimum Gasteiger partial charge on any atom is -0.482 e. The van der Waals surface area contributed by atoms with E-state index in [0.717, 1.165) is 27.3 Å². The van der Waals surface area contributed by atoms with Gasteiger partial charge in [0.05, 0.1) is 0 Å². The van der Waals surface area contributed by atoms with Gasteiger partial charge in [-0.2, -0.15) is 0 Å². The van der Waals surface area contributed by atoms with Crippen molar-refractivity contribution in [2.75, 3.05) is 12.4 Å². The Kier molecular flexibility index (Phi) is 8.08. The number of ether oxygens (including phenoxy) is 1. The van der Waals surface area contributed by atoms with Gasteiger partial charge in [-0.15, -0.1) is 11.8 Å². The van der Waals surface area contributed by atoms with Crippen molar-refractivity contribution in [3.8, 4) is 16.9 Å². The summed E-state index contributed by atoms with van der Waals surface area (Å²) in [5.74, 6) is 0.312. The van der Waals surface area contributed by atoms with Gasteiger partial charge in [0.25, 0.3) is 0 Å². The predicted octanol–water partition coefficient (Wildman–Crippen LogP) is 7.69. The molecule has 1 N–H and O–H groups in total. The third-order valence-corrected chi connectivity index (χ3v) is 6.34. The smallest absolute Gasteiger partial charge is 0.341 e. The summed E-state index contributed by atoms with van der Waals surface area (Å²) < 4.78 is 5.20. The summed E-state index contributed by atoms with van der Waals surface area (Å²) in [7, 11) is 0. The van der Waals surface area contributed by atoms with Crippen LogP contribution in [0.3, 0.4) is 0 Å². The van der Waals surface area contributed by atoms with Gasteiger partial charge in [-0.05, 0) is 64.2 Å². The van der Waals surface area contributed by atoms with Crippen molar-refractivity contribution in [3.63, 3.8) is 0 Å². The molecule has 0 fully saturated rings. The Labute approximate surface area is 208 Å². The Morgan fingerprint density at radius 1 is 0.824 bits per heavy atom. The largest absolute Gasteiger partial charge is 0.482 e. The first-order chi connectivity index (χ1) is 16.6. The molecule has 4 aromatic carbocycles. The number of benzene rings is 4. The fraction of sp³-hybridized carbons (Fsp3) is 0.0690. The van der Waals surface area contributed by atoms with Crippen LogP contribution in [0.1, 0.15) is 11.1 Å². The Balaban J connectivity index is 1.53. The molecule has 0 saturated heterocycles. The third kappa shape index (κ3) is 6.53. The highest BCUT2D eigenvalue weighted by atomic mass is 35.5. The molecule has 0 amide bonds. The van der Waals surface area contributed by atoms with Crippen molar-refractivity contribution in [3.05, 3.63) is 125 Å². The van der Waals surface area contributed by atoms with Crippen molar-refractivity contribution >= 4 is 34.9 Å². The fourth-order valence-corrected chi connectivity index (χ4v) is 4.49.